The van der Waals surface area contributed by atoms with Crippen LogP contribution in [0.2, 0.25) is 0 Å². The molecule has 0 bridgehead atoms. The molecule has 1 aromatic heterocycles. The second-order valence-electron chi connectivity index (χ2n) is 9.70. The highest BCUT2D eigenvalue weighted by atomic mass is 16.2. The van der Waals surface area contributed by atoms with E-state index in [1.165, 1.54) is 18.7 Å². The molecule has 8 heteroatoms. The normalized spacial score (nSPS) is 27.7. The van der Waals surface area contributed by atoms with Gasteiger partial charge in [-0.3, -0.25) is 24.5 Å². The number of imide groups is 1. The summed E-state index contributed by atoms with van der Waals surface area (Å²) in [6.45, 7) is 10.0. The molecule has 5 rings (SSSR count). The SMILES string of the molecule is C[C@@H]1CNCC[C@@H]1CN1CCN(c2cccc3c(C4CCC(=O)NC4=O)nn(C)c23)CC1. The Morgan fingerprint density at radius 2 is 1.94 bits per heavy atom. The molecule has 4 heterocycles. The van der Waals surface area contributed by atoms with Crippen LogP contribution in [0.5, 0.6) is 0 Å². The fourth-order valence-electron chi connectivity index (χ4n) is 5.65. The number of nitrogens with one attached hydrogen (secondary N) is 2. The number of piperidine rings is 2. The quantitative estimate of drug-likeness (QED) is 0.704. The third-order valence-electron chi connectivity index (χ3n) is 7.61. The van der Waals surface area contributed by atoms with E-state index in [0.29, 0.717) is 12.8 Å². The van der Waals surface area contributed by atoms with E-state index in [0.717, 1.165) is 67.7 Å². The molecule has 3 atom stereocenters. The molecular formula is C24H34N6O2. The minimum absolute atomic E-state index is 0.191. The maximum Gasteiger partial charge on any atom is 0.235 e. The molecule has 1 aromatic carbocycles. The van der Waals surface area contributed by atoms with E-state index < -0.39 is 0 Å². The lowest BCUT2D eigenvalue weighted by Gasteiger charge is -2.40. The molecule has 0 radical (unpaired) electrons. The van der Waals surface area contributed by atoms with Crippen LogP contribution in [0.4, 0.5) is 5.69 Å². The molecule has 2 N–H and O–H groups in total. The Hall–Kier alpha value is -2.45. The highest BCUT2D eigenvalue weighted by Crippen LogP contribution is 2.35. The van der Waals surface area contributed by atoms with Gasteiger partial charge in [0.15, 0.2) is 0 Å². The number of piperazine rings is 1. The van der Waals surface area contributed by atoms with E-state index in [-0.39, 0.29) is 17.7 Å². The van der Waals surface area contributed by atoms with Crippen molar-refractivity contribution in [3.63, 3.8) is 0 Å². The molecular weight excluding hydrogens is 404 g/mol. The predicted molar refractivity (Wildman–Crippen MR) is 125 cm³/mol. The van der Waals surface area contributed by atoms with Crippen molar-refractivity contribution in [3.8, 4) is 0 Å². The van der Waals surface area contributed by atoms with E-state index >= 15 is 0 Å². The minimum atomic E-state index is -0.365. The summed E-state index contributed by atoms with van der Waals surface area (Å²) in [5.74, 6) is 0.752. The number of hydrogen-bond donors (Lipinski definition) is 2. The van der Waals surface area contributed by atoms with Crippen molar-refractivity contribution in [3.05, 3.63) is 23.9 Å². The third-order valence-corrected chi connectivity index (χ3v) is 7.61. The number of aromatic nitrogens is 2. The summed E-state index contributed by atoms with van der Waals surface area (Å²) in [5, 5.41) is 11.7. The van der Waals surface area contributed by atoms with E-state index in [2.05, 4.69) is 45.6 Å². The summed E-state index contributed by atoms with van der Waals surface area (Å²) < 4.78 is 1.91. The van der Waals surface area contributed by atoms with Crippen LogP contribution >= 0.6 is 0 Å². The van der Waals surface area contributed by atoms with E-state index in [1.54, 1.807) is 0 Å². The molecule has 0 aliphatic carbocycles. The van der Waals surface area contributed by atoms with Crippen molar-refractivity contribution >= 4 is 28.4 Å². The number of amides is 2. The van der Waals surface area contributed by atoms with Crippen molar-refractivity contribution in [1.29, 1.82) is 0 Å². The third kappa shape index (κ3) is 4.01. The Labute approximate surface area is 189 Å². The van der Waals surface area contributed by atoms with Gasteiger partial charge >= 0.3 is 0 Å². The van der Waals surface area contributed by atoms with Crippen LogP contribution in [-0.2, 0) is 16.6 Å². The van der Waals surface area contributed by atoms with Gasteiger partial charge in [-0.25, -0.2) is 0 Å². The zero-order valence-corrected chi connectivity index (χ0v) is 19.1. The molecule has 1 unspecified atom stereocenters. The fraction of sp³-hybridized carbons (Fsp3) is 0.625. The molecule has 2 amide bonds. The first kappa shape index (κ1) is 21.4. The van der Waals surface area contributed by atoms with Crippen molar-refractivity contribution in [2.24, 2.45) is 18.9 Å². The lowest BCUT2D eigenvalue weighted by Crippen LogP contribution is -2.50. The number of para-hydroxylation sites is 1. The Kier molecular flexibility index (Phi) is 5.90. The summed E-state index contributed by atoms with van der Waals surface area (Å²) in [4.78, 5) is 29.1. The molecule has 2 aromatic rings. The average Bonchev–Trinajstić information content (AvgIpc) is 3.12. The molecule has 3 fully saturated rings. The van der Waals surface area contributed by atoms with Crippen molar-refractivity contribution < 1.29 is 9.59 Å². The van der Waals surface area contributed by atoms with Gasteiger partial charge in [0.2, 0.25) is 11.8 Å². The molecule has 32 heavy (non-hydrogen) atoms. The maximum atomic E-state index is 12.5. The first-order chi connectivity index (χ1) is 15.5. The number of nitrogens with zero attached hydrogens (tertiary/aromatic N) is 4. The van der Waals surface area contributed by atoms with Crippen LogP contribution in [0.1, 0.15) is 37.8 Å². The van der Waals surface area contributed by atoms with E-state index in [1.807, 2.05) is 11.7 Å². The molecule has 172 valence electrons. The largest absolute Gasteiger partial charge is 0.367 e. The number of hydrogen-bond acceptors (Lipinski definition) is 6. The highest BCUT2D eigenvalue weighted by molar-refractivity contribution is 6.03. The van der Waals surface area contributed by atoms with Gasteiger partial charge in [-0.05, 0) is 43.8 Å². The molecule has 0 spiro atoms. The summed E-state index contributed by atoms with van der Waals surface area (Å²) in [7, 11) is 1.95. The topological polar surface area (TPSA) is 82.5 Å². The van der Waals surface area contributed by atoms with Gasteiger partial charge in [-0.15, -0.1) is 0 Å². The number of anilines is 1. The fourth-order valence-corrected chi connectivity index (χ4v) is 5.65. The Morgan fingerprint density at radius 1 is 1.12 bits per heavy atom. The van der Waals surface area contributed by atoms with Gasteiger partial charge in [-0.2, -0.15) is 5.10 Å². The first-order valence-corrected chi connectivity index (χ1v) is 12.0. The highest BCUT2D eigenvalue weighted by Gasteiger charge is 2.32. The van der Waals surface area contributed by atoms with Crippen molar-refractivity contribution in [1.82, 2.24) is 25.3 Å². The average molecular weight is 439 g/mol. The lowest BCUT2D eigenvalue weighted by molar-refractivity contribution is -0.134. The molecule has 3 aliphatic heterocycles. The number of carbonyl (C=O) groups excluding carboxylic acids is 2. The Morgan fingerprint density at radius 3 is 2.69 bits per heavy atom. The Balaban J connectivity index is 1.33. The van der Waals surface area contributed by atoms with E-state index in [4.69, 9.17) is 5.10 Å². The zero-order chi connectivity index (χ0) is 22.2. The maximum absolute atomic E-state index is 12.5. The lowest BCUT2D eigenvalue weighted by atomic mass is 9.87. The van der Waals surface area contributed by atoms with Crippen LogP contribution in [0.25, 0.3) is 10.9 Å². The van der Waals surface area contributed by atoms with Gasteiger partial charge < -0.3 is 10.2 Å². The standard InChI is InChI=1S/C24H34N6O2/c1-16-14-25-9-8-17(16)15-29-10-12-30(13-11-29)20-5-3-4-18-22(27-28(2)23(18)20)19-6-7-21(31)26-24(19)32/h3-5,16-17,19,25H,6-15H2,1-2H3,(H,26,31,32)/t16-,17-,19?/m1/s1. The molecule has 0 saturated carbocycles. The number of aryl methyl sites for hydroxylation is 1. The van der Waals surface area contributed by atoms with Gasteiger partial charge in [0.1, 0.15) is 0 Å². The van der Waals surface area contributed by atoms with Gasteiger partial charge in [0.25, 0.3) is 0 Å². The molecule has 3 saturated heterocycles. The number of benzene rings is 1. The monoisotopic (exact) mass is 438 g/mol. The molecule has 8 nitrogen and oxygen atoms in total. The Bertz CT molecular complexity index is 1010. The number of fused-ring (bicyclic) bond motifs is 1. The number of carbonyl (C=O) groups is 2. The second kappa shape index (κ2) is 8.83. The zero-order valence-electron chi connectivity index (χ0n) is 19.1. The first-order valence-electron chi connectivity index (χ1n) is 12.0. The summed E-state index contributed by atoms with van der Waals surface area (Å²) >= 11 is 0. The van der Waals surface area contributed by atoms with Crippen molar-refractivity contribution in [2.45, 2.75) is 32.1 Å². The van der Waals surface area contributed by atoms with Crippen LogP contribution in [-0.4, -0.2) is 72.3 Å². The van der Waals surface area contributed by atoms with Gasteiger partial charge in [0.05, 0.1) is 22.8 Å². The van der Waals surface area contributed by atoms with E-state index in [9.17, 15) is 9.59 Å². The summed E-state index contributed by atoms with van der Waals surface area (Å²) in [6.07, 6.45) is 2.17. The van der Waals surface area contributed by atoms with Crippen LogP contribution in [0.3, 0.4) is 0 Å². The summed E-state index contributed by atoms with van der Waals surface area (Å²) in [6, 6.07) is 6.29. The summed E-state index contributed by atoms with van der Waals surface area (Å²) in [5.41, 5.74) is 3.05. The second-order valence-corrected chi connectivity index (χ2v) is 9.70. The minimum Gasteiger partial charge on any atom is -0.367 e. The van der Waals surface area contributed by atoms with Gasteiger partial charge in [0, 0.05) is 51.6 Å². The van der Waals surface area contributed by atoms with Crippen LogP contribution in [0.15, 0.2) is 18.2 Å². The van der Waals surface area contributed by atoms with Gasteiger partial charge in [-0.1, -0.05) is 19.1 Å². The van der Waals surface area contributed by atoms with Crippen LogP contribution in [0, 0.1) is 11.8 Å². The van der Waals surface area contributed by atoms with Crippen LogP contribution < -0.4 is 15.5 Å². The number of rotatable bonds is 4. The smallest absolute Gasteiger partial charge is 0.235 e. The van der Waals surface area contributed by atoms with Crippen molar-refractivity contribution in [2.75, 3.05) is 50.7 Å². The predicted octanol–water partition coefficient (Wildman–Crippen LogP) is 1.46. The molecule has 3 aliphatic rings.